The molecule has 156 valence electrons. The quantitative estimate of drug-likeness (QED) is 0.225. The van der Waals surface area contributed by atoms with Crippen LogP contribution in [0.25, 0.3) is 0 Å². The Hall–Kier alpha value is -0.150. The van der Waals surface area contributed by atoms with Gasteiger partial charge in [0.2, 0.25) is 0 Å². The molecule has 0 bridgehead atoms. The summed E-state index contributed by atoms with van der Waals surface area (Å²) in [5.74, 6) is 0.765. The van der Waals surface area contributed by atoms with Crippen LogP contribution in [-0.4, -0.2) is 44.3 Å². The molecule has 0 saturated carbocycles. The van der Waals surface area contributed by atoms with Gasteiger partial charge in [0.05, 0.1) is 19.8 Å². The molecule has 0 saturated heterocycles. The smallest absolute Gasteiger partial charge is 0.746 e. The van der Waals surface area contributed by atoms with E-state index in [1.807, 2.05) is 30.3 Å². The summed E-state index contributed by atoms with van der Waals surface area (Å²) in [4.78, 5) is -1.69. The molecular weight excluding hydrogens is 391 g/mol. The average Bonchev–Trinajstić information content (AvgIpc) is 2.64. The second kappa shape index (κ2) is 15.7. The monoisotopic (exact) mass is 424 g/mol. The first-order chi connectivity index (χ1) is 12.9. The van der Waals surface area contributed by atoms with Gasteiger partial charge in [-0.2, -0.15) is 0 Å². The molecule has 6 nitrogen and oxygen atoms in total. The summed E-state index contributed by atoms with van der Waals surface area (Å²) in [7, 11) is -4.55. The first-order valence-corrected chi connectivity index (χ1v) is 11.1. The van der Waals surface area contributed by atoms with Crippen molar-refractivity contribution in [1.29, 1.82) is 0 Å². The van der Waals surface area contributed by atoms with Crippen LogP contribution in [0.15, 0.2) is 30.3 Å². The Kier molecular flexibility index (Phi) is 15.6. The number of ether oxygens (including phenoxy) is 3. The number of rotatable bonds is 16. The number of hydrogen-bond donors (Lipinski definition) is 0. The van der Waals surface area contributed by atoms with Crippen molar-refractivity contribution in [2.24, 2.45) is 0 Å². The summed E-state index contributed by atoms with van der Waals surface area (Å²) >= 11 is 0. The summed E-state index contributed by atoms with van der Waals surface area (Å²) in [6, 6.07) is 9.40. The van der Waals surface area contributed by atoms with Gasteiger partial charge in [-0.05, 0) is 31.9 Å². The molecule has 0 aliphatic heterocycles. The molecule has 1 rings (SSSR count). The van der Waals surface area contributed by atoms with Crippen LogP contribution in [0.1, 0.15) is 58.8 Å². The van der Waals surface area contributed by atoms with E-state index < -0.39 is 15.1 Å². The van der Waals surface area contributed by atoms with Crippen LogP contribution >= 0.6 is 0 Å². The summed E-state index contributed by atoms with van der Waals surface area (Å²) < 4.78 is 51.1. The minimum absolute atomic E-state index is 0. The summed E-state index contributed by atoms with van der Waals surface area (Å²) in [6.07, 6.45) is 6.30. The van der Waals surface area contributed by atoms with E-state index in [1.165, 1.54) is 13.3 Å². The summed E-state index contributed by atoms with van der Waals surface area (Å²) in [5.41, 5.74) is 0. The number of hydrogen-bond acceptors (Lipinski definition) is 6. The molecule has 0 amide bonds. The van der Waals surface area contributed by atoms with Gasteiger partial charge in [-0.15, -0.1) is 0 Å². The second-order valence-corrected chi connectivity index (χ2v) is 8.50. The SMILES string of the molecule is CCCCCCCCC(C)(OCCOCCOc1ccccc1)S(=O)(=O)[O-].[Na+]. The summed E-state index contributed by atoms with van der Waals surface area (Å²) in [5, 5.41) is 0. The molecule has 0 radical (unpaired) electrons. The van der Waals surface area contributed by atoms with Gasteiger partial charge in [0, 0.05) is 0 Å². The maximum absolute atomic E-state index is 11.6. The first-order valence-electron chi connectivity index (χ1n) is 9.74. The predicted molar refractivity (Wildman–Crippen MR) is 105 cm³/mol. The molecule has 1 atom stereocenters. The van der Waals surface area contributed by atoms with Crippen LogP contribution < -0.4 is 34.3 Å². The van der Waals surface area contributed by atoms with E-state index in [-0.39, 0.29) is 49.2 Å². The largest absolute Gasteiger partial charge is 1.00 e. The van der Waals surface area contributed by atoms with Crippen LogP contribution in [0.5, 0.6) is 5.75 Å². The molecule has 0 fully saturated rings. The Morgan fingerprint density at radius 2 is 1.54 bits per heavy atom. The topological polar surface area (TPSA) is 84.9 Å². The zero-order valence-corrected chi connectivity index (χ0v) is 20.3. The maximum atomic E-state index is 11.6. The molecule has 1 unspecified atom stereocenters. The molecule has 0 aromatic heterocycles. The van der Waals surface area contributed by atoms with Crippen molar-refractivity contribution in [2.45, 2.75) is 63.7 Å². The third kappa shape index (κ3) is 11.8. The molecule has 28 heavy (non-hydrogen) atoms. The molecule has 0 N–H and O–H groups in total. The standard InChI is InChI=1S/C20H34O6S.Na/c1-3-4-5-6-7-11-14-20(2,27(21,22)23)26-18-16-24-15-17-25-19-12-9-8-10-13-19;/h8-10,12-13H,3-7,11,14-18H2,1-2H3,(H,21,22,23);/q;+1/p-1. The zero-order valence-electron chi connectivity index (χ0n) is 17.5. The normalized spacial score (nSPS) is 13.5. The molecule has 0 aliphatic carbocycles. The first kappa shape index (κ1) is 27.8. The van der Waals surface area contributed by atoms with Gasteiger partial charge in [-0.1, -0.05) is 57.2 Å². The predicted octanol–water partition coefficient (Wildman–Crippen LogP) is 1.11. The molecule has 1 aromatic carbocycles. The Morgan fingerprint density at radius 3 is 2.18 bits per heavy atom. The fourth-order valence-electron chi connectivity index (χ4n) is 2.65. The van der Waals surface area contributed by atoms with Crippen LogP contribution in [-0.2, 0) is 19.6 Å². The van der Waals surface area contributed by atoms with E-state index >= 15 is 0 Å². The maximum Gasteiger partial charge on any atom is 1.00 e. The number of unbranched alkanes of at least 4 members (excludes halogenated alkanes) is 5. The van der Waals surface area contributed by atoms with Crippen molar-refractivity contribution in [3.8, 4) is 5.75 Å². The van der Waals surface area contributed by atoms with Gasteiger partial charge in [-0.25, -0.2) is 8.42 Å². The van der Waals surface area contributed by atoms with Gasteiger partial charge >= 0.3 is 29.6 Å². The third-order valence-corrected chi connectivity index (χ3v) is 5.77. The molecular formula is C20H33NaO6S. The van der Waals surface area contributed by atoms with E-state index in [1.54, 1.807) is 0 Å². The molecule has 0 aliphatic rings. The van der Waals surface area contributed by atoms with E-state index in [2.05, 4.69) is 6.92 Å². The van der Waals surface area contributed by atoms with Gasteiger partial charge in [0.15, 0.2) is 4.93 Å². The van der Waals surface area contributed by atoms with Crippen LogP contribution in [0.3, 0.4) is 0 Å². The van der Waals surface area contributed by atoms with Crippen molar-refractivity contribution < 1.29 is 56.7 Å². The average molecular weight is 425 g/mol. The van der Waals surface area contributed by atoms with Crippen molar-refractivity contribution in [2.75, 3.05) is 26.4 Å². The Morgan fingerprint density at radius 1 is 0.929 bits per heavy atom. The van der Waals surface area contributed by atoms with Gasteiger partial charge in [0.1, 0.15) is 22.5 Å². The van der Waals surface area contributed by atoms with Gasteiger partial charge < -0.3 is 18.8 Å². The minimum Gasteiger partial charge on any atom is -0.746 e. The van der Waals surface area contributed by atoms with E-state index in [0.29, 0.717) is 19.6 Å². The molecule has 0 spiro atoms. The van der Waals surface area contributed by atoms with E-state index in [0.717, 1.165) is 31.4 Å². The van der Waals surface area contributed by atoms with Crippen molar-refractivity contribution >= 4 is 10.1 Å². The Bertz CT molecular complexity index is 596. The number of benzene rings is 1. The van der Waals surface area contributed by atoms with Crippen LogP contribution in [0, 0.1) is 0 Å². The van der Waals surface area contributed by atoms with E-state index in [4.69, 9.17) is 14.2 Å². The summed E-state index contributed by atoms with van der Waals surface area (Å²) in [6.45, 7) is 4.51. The van der Waals surface area contributed by atoms with Gasteiger partial charge in [0.25, 0.3) is 0 Å². The van der Waals surface area contributed by atoms with Crippen molar-refractivity contribution in [3.05, 3.63) is 30.3 Å². The van der Waals surface area contributed by atoms with Crippen molar-refractivity contribution in [3.63, 3.8) is 0 Å². The zero-order chi connectivity index (χ0) is 20.0. The van der Waals surface area contributed by atoms with Crippen LogP contribution in [0.4, 0.5) is 0 Å². The van der Waals surface area contributed by atoms with E-state index in [9.17, 15) is 13.0 Å². The number of para-hydroxylation sites is 1. The fourth-order valence-corrected chi connectivity index (χ4v) is 3.27. The van der Waals surface area contributed by atoms with Crippen LogP contribution in [0.2, 0.25) is 0 Å². The second-order valence-electron chi connectivity index (χ2n) is 6.73. The Labute approximate surface area is 192 Å². The van der Waals surface area contributed by atoms with Crippen molar-refractivity contribution in [1.82, 2.24) is 0 Å². The minimum atomic E-state index is -4.55. The molecule has 0 heterocycles. The molecule has 8 heteroatoms. The Balaban J connectivity index is 0.00000729. The third-order valence-electron chi connectivity index (χ3n) is 4.39. The molecule has 1 aromatic rings. The van der Waals surface area contributed by atoms with Gasteiger partial charge in [-0.3, -0.25) is 0 Å². The fraction of sp³-hybridized carbons (Fsp3) is 0.700.